The van der Waals surface area contributed by atoms with Crippen LogP contribution in [0.3, 0.4) is 0 Å². The summed E-state index contributed by atoms with van der Waals surface area (Å²) in [6.07, 6.45) is 0. The summed E-state index contributed by atoms with van der Waals surface area (Å²) in [6.45, 7) is 6.26. The lowest BCUT2D eigenvalue weighted by Gasteiger charge is -2.30. The molecule has 3 nitrogen and oxygen atoms in total. The molecule has 2 rings (SSSR count). The molecule has 1 fully saturated rings. The Morgan fingerprint density at radius 3 is 2.77 bits per heavy atom. The Bertz CT molecular complexity index is 278. The fourth-order valence-electron chi connectivity index (χ4n) is 1.53. The SMILES string of the molecule is Cc1ccc(C(C)NC2CNC2)o1. The highest BCUT2D eigenvalue weighted by atomic mass is 16.3. The minimum absolute atomic E-state index is 0.320. The summed E-state index contributed by atoms with van der Waals surface area (Å²) in [5.41, 5.74) is 0. The predicted molar refractivity (Wildman–Crippen MR) is 51.7 cm³/mol. The van der Waals surface area contributed by atoms with Gasteiger partial charge in [0.25, 0.3) is 0 Å². The molecule has 0 aliphatic carbocycles. The molecule has 0 saturated carbocycles. The highest BCUT2D eigenvalue weighted by molar-refractivity contribution is 5.09. The maximum Gasteiger partial charge on any atom is 0.120 e. The Balaban J connectivity index is 1.92. The van der Waals surface area contributed by atoms with Crippen molar-refractivity contribution in [3.05, 3.63) is 23.7 Å². The summed E-state index contributed by atoms with van der Waals surface area (Å²) in [6, 6.07) is 4.98. The number of hydrogen-bond donors (Lipinski definition) is 2. The molecule has 1 atom stereocenters. The lowest BCUT2D eigenvalue weighted by molar-refractivity contribution is 0.313. The average molecular weight is 180 g/mol. The maximum atomic E-state index is 5.53. The standard InChI is InChI=1S/C10H16N2O/c1-7-3-4-10(13-7)8(2)12-9-5-11-6-9/h3-4,8-9,11-12H,5-6H2,1-2H3. The van der Waals surface area contributed by atoms with Gasteiger partial charge >= 0.3 is 0 Å². The normalized spacial score (nSPS) is 19.8. The van der Waals surface area contributed by atoms with Crippen LogP contribution < -0.4 is 10.6 Å². The molecule has 0 spiro atoms. The molecule has 13 heavy (non-hydrogen) atoms. The first-order valence-electron chi connectivity index (χ1n) is 4.79. The highest BCUT2D eigenvalue weighted by Gasteiger charge is 2.20. The minimum Gasteiger partial charge on any atom is -0.465 e. The second kappa shape index (κ2) is 3.52. The molecule has 0 radical (unpaired) electrons. The van der Waals surface area contributed by atoms with Crippen molar-refractivity contribution in [1.82, 2.24) is 10.6 Å². The average Bonchev–Trinajstić information content (AvgIpc) is 2.44. The zero-order valence-electron chi connectivity index (χ0n) is 8.13. The summed E-state index contributed by atoms with van der Waals surface area (Å²) in [7, 11) is 0. The molecule has 1 aromatic heterocycles. The molecule has 0 amide bonds. The van der Waals surface area contributed by atoms with Crippen LogP contribution >= 0.6 is 0 Å². The molecular formula is C10H16N2O. The molecule has 1 aromatic rings. The van der Waals surface area contributed by atoms with Gasteiger partial charge in [-0.05, 0) is 26.0 Å². The van der Waals surface area contributed by atoms with Gasteiger partial charge < -0.3 is 15.1 Å². The first kappa shape index (κ1) is 8.78. The Labute approximate surface area is 78.5 Å². The molecule has 0 bridgehead atoms. The van der Waals surface area contributed by atoms with Gasteiger partial charge in [0.1, 0.15) is 11.5 Å². The van der Waals surface area contributed by atoms with E-state index in [4.69, 9.17) is 4.42 Å². The van der Waals surface area contributed by atoms with Crippen LogP contribution in [0.4, 0.5) is 0 Å². The number of rotatable bonds is 3. The van der Waals surface area contributed by atoms with Crippen molar-refractivity contribution in [2.24, 2.45) is 0 Å². The van der Waals surface area contributed by atoms with Gasteiger partial charge in [-0.15, -0.1) is 0 Å². The first-order valence-corrected chi connectivity index (χ1v) is 4.79. The van der Waals surface area contributed by atoms with Gasteiger partial charge in [-0.1, -0.05) is 0 Å². The number of nitrogens with one attached hydrogen (secondary N) is 2. The summed E-state index contributed by atoms with van der Waals surface area (Å²) in [4.78, 5) is 0. The van der Waals surface area contributed by atoms with Crippen LogP contribution in [0.15, 0.2) is 16.5 Å². The molecule has 2 N–H and O–H groups in total. The topological polar surface area (TPSA) is 37.2 Å². The number of furan rings is 1. The van der Waals surface area contributed by atoms with Gasteiger partial charge in [0.15, 0.2) is 0 Å². The van der Waals surface area contributed by atoms with Crippen LogP contribution in [0.1, 0.15) is 24.5 Å². The lowest BCUT2D eigenvalue weighted by Crippen LogP contribution is -2.55. The van der Waals surface area contributed by atoms with Gasteiger partial charge in [0.05, 0.1) is 6.04 Å². The highest BCUT2D eigenvalue weighted by Crippen LogP contribution is 2.16. The van der Waals surface area contributed by atoms with E-state index in [0.717, 1.165) is 24.6 Å². The summed E-state index contributed by atoms with van der Waals surface area (Å²) >= 11 is 0. The van der Waals surface area contributed by atoms with Gasteiger partial charge in [-0.25, -0.2) is 0 Å². The van der Waals surface area contributed by atoms with E-state index >= 15 is 0 Å². The van der Waals surface area contributed by atoms with Crippen LogP contribution in [-0.4, -0.2) is 19.1 Å². The molecule has 0 aromatic carbocycles. The Hall–Kier alpha value is -0.800. The van der Waals surface area contributed by atoms with E-state index in [9.17, 15) is 0 Å². The largest absolute Gasteiger partial charge is 0.465 e. The van der Waals surface area contributed by atoms with Crippen molar-refractivity contribution in [2.75, 3.05) is 13.1 Å². The molecule has 1 unspecified atom stereocenters. The van der Waals surface area contributed by atoms with E-state index in [0.29, 0.717) is 12.1 Å². The smallest absolute Gasteiger partial charge is 0.120 e. The van der Waals surface area contributed by atoms with Crippen LogP contribution in [0.2, 0.25) is 0 Å². The fraction of sp³-hybridized carbons (Fsp3) is 0.600. The lowest BCUT2D eigenvalue weighted by atomic mass is 10.1. The fourth-order valence-corrected chi connectivity index (χ4v) is 1.53. The van der Waals surface area contributed by atoms with Gasteiger partial charge in [-0.3, -0.25) is 0 Å². The predicted octanol–water partition coefficient (Wildman–Crippen LogP) is 1.21. The minimum atomic E-state index is 0.320. The third kappa shape index (κ3) is 1.92. The van der Waals surface area contributed by atoms with E-state index in [1.54, 1.807) is 0 Å². The summed E-state index contributed by atoms with van der Waals surface area (Å²) in [5.74, 6) is 2.01. The van der Waals surface area contributed by atoms with Crippen molar-refractivity contribution in [3.63, 3.8) is 0 Å². The second-order valence-corrected chi connectivity index (χ2v) is 3.69. The van der Waals surface area contributed by atoms with Crippen LogP contribution in [0, 0.1) is 6.92 Å². The Morgan fingerprint density at radius 2 is 2.31 bits per heavy atom. The molecule has 72 valence electrons. The van der Waals surface area contributed by atoms with E-state index < -0.39 is 0 Å². The van der Waals surface area contributed by atoms with Gasteiger partial charge in [0.2, 0.25) is 0 Å². The summed E-state index contributed by atoms with van der Waals surface area (Å²) in [5, 5.41) is 6.72. The van der Waals surface area contributed by atoms with Crippen molar-refractivity contribution >= 4 is 0 Å². The molecule has 3 heteroatoms. The van der Waals surface area contributed by atoms with Crippen molar-refractivity contribution in [2.45, 2.75) is 25.9 Å². The Kier molecular flexibility index (Phi) is 2.38. The van der Waals surface area contributed by atoms with Gasteiger partial charge in [0, 0.05) is 19.1 Å². The molecule has 1 aliphatic heterocycles. The molecular weight excluding hydrogens is 164 g/mol. The van der Waals surface area contributed by atoms with E-state index in [2.05, 4.69) is 17.6 Å². The van der Waals surface area contributed by atoms with Crippen LogP contribution in [-0.2, 0) is 0 Å². The van der Waals surface area contributed by atoms with E-state index in [-0.39, 0.29) is 0 Å². The quantitative estimate of drug-likeness (QED) is 0.734. The van der Waals surface area contributed by atoms with Gasteiger partial charge in [-0.2, -0.15) is 0 Å². The van der Waals surface area contributed by atoms with Crippen LogP contribution in [0.5, 0.6) is 0 Å². The summed E-state index contributed by atoms with van der Waals surface area (Å²) < 4.78 is 5.53. The molecule has 2 heterocycles. The monoisotopic (exact) mass is 180 g/mol. The molecule has 1 saturated heterocycles. The second-order valence-electron chi connectivity index (χ2n) is 3.69. The maximum absolute atomic E-state index is 5.53. The van der Waals surface area contributed by atoms with E-state index in [1.807, 2.05) is 19.1 Å². The third-order valence-electron chi connectivity index (χ3n) is 2.46. The number of aryl methyl sites for hydroxylation is 1. The Morgan fingerprint density at radius 1 is 1.54 bits per heavy atom. The first-order chi connectivity index (χ1) is 6.25. The third-order valence-corrected chi connectivity index (χ3v) is 2.46. The van der Waals surface area contributed by atoms with Crippen LogP contribution in [0.25, 0.3) is 0 Å². The van der Waals surface area contributed by atoms with Crippen molar-refractivity contribution in [1.29, 1.82) is 0 Å². The van der Waals surface area contributed by atoms with Crippen molar-refractivity contribution < 1.29 is 4.42 Å². The van der Waals surface area contributed by atoms with Crippen molar-refractivity contribution in [3.8, 4) is 0 Å². The zero-order chi connectivity index (χ0) is 9.26. The number of hydrogen-bond acceptors (Lipinski definition) is 3. The molecule has 1 aliphatic rings. The van der Waals surface area contributed by atoms with E-state index in [1.165, 1.54) is 0 Å². The zero-order valence-corrected chi connectivity index (χ0v) is 8.13.